The molecule has 1 aliphatic rings. The summed E-state index contributed by atoms with van der Waals surface area (Å²) in [4.78, 5) is 43.6. The van der Waals surface area contributed by atoms with E-state index in [9.17, 15) is 14.4 Å². The number of nitrogens with zero attached hydrogens (tertiary/aromatic N) is 2. The summed E-state index contributed by atoms with van der Waals surface area (Å²) in [5.41, 5.74) is 14.5. The van der Waals surface area contributed by atoms with Gasteiger partial charge in [0.05, 0.1) is 11.9 Å². The molecule has 8 N–H and O–H groups in total. The number of anilines is 3. The highest BCUT2D eigenvalue weighted by atomic mass is 16.2. The van der Waals surface area contributed by atoms with Gasteiger partial charge in [-0.15, -0.1) is 0 Å². The zero-order valence-electron chi connectivity index (χ0n) is 24.2. The number of benzene rings is 2. The van der Waals surface area contributed by atoms with Gasteiger partial charge in [0.25, 0.3) is 5.56 Å². The largest absolute Gasteiger partial charge is 0.399 e. The molecule has 222 valence electrons. The van der Waals surface area contributed by atoms with Crippen LogP contribution in [0.2, 0.25) is 0 Å². The van der Waals surface area contributed by atoms with Gasteiger partial charge in [0.15, 0.2) is 5.82 Å². The van der Waals surface area contributed by atoms with Gasteiger partial charge in [0.1, 0.15) is 12.4 Å². The first-order chi connectivity index (χ1) is 20.1. The van der Waals surface area contributed by atoms with E-state index in [2.05, 4.69) is 20.9 Å². The molecule has 2 amide bonds. The standard InChI is InChI=1S/C31H40N8O3/c1-19(2)37-30-31(42)39(18-28(41)35-16-21-7-10-22(11-8-21)29(33)34)26(17-36-30)23-13-24(32)15-25(14-23)38-27(40)12-9-20-5-3-4-6-20/h7-8,10-11,13-15,17,19-20H,3-6,9,12,16,18,32H2,1-2H3,(H3,33,34)(H,35,41)(H,36,37)(H,38,40). The van der Waals surface area contributed by atoms with Gasteiger partial charge in [0.2, 0.25) is 11.8 Å². The van der Waals surface area contributed by atoms with Crippen molar-refractivity contribution >= 4 is 34.8 Å². The molecule has 1 aromatic heterocycles. The summed E-state index contributed by atoms with van der Waals surface area (Å²) in [5, 5.41) is 16.3. The van der Waals surface area contributed by atoms with Crippen LogP contribution < -0.4 is 33.0 Å². The number of aromatic nitrogens is 2. The van der Waals surface area contributed by atoms with Gasteiger partial charge >= 0.3 is 0 Å². The third-order valence-corrected chi connectivity index (χ3v) is 7.33. The Hall–Kier alpha value is -4.67. The Morgan fingerprint density at radius 3 is 2.48 bits per heavy atom. The molecule has 0 atom stereocenters. The lowest BCUT2D eigenvalue weighted by Gasteiger charge is -2.17. The molecular formula is C31H40N8O3. The van der Waals surface area contributed by atoms with Crippen LogP contribution in [0, 0.1) is 11.3 Å². The molecule has 0 radical (unpaired) electrons. The van der Waals surface area contributed by atoms with Crippen LogP contribution >= 0.6 is 0 Å². The molecule has 0 unspecified atom stereocenters. The molecule has 0 bridgehead atoms. The topological polar surface area (TPSA) is 181 Å². The fraction of sp³-hybridized carbons (Fsp3) is 0.387. The first-order valence-electron chi connectivity index (χ1n) is 14.4. The highest BCUT2D eigenvalue weighted by molar-refractivity contribution is 5.95. The van der Waals surface area contributed by atoms with E-state index in [-0.39, 0.29) is 42.6 Å². The molecule has 1 heterocycles. The summed E-state index contributed by atoms with van der Waals surface area (Å²) >= 11 is 0. The van der Waals surface area contributed by atoms with Crippen molar-refractivity contribution in [3.05, 3.63) is 70.1 Å². The number of rotatable bonds is 12. The number of amidine groups is 1. The maximum absolute atomic E-state index is 13.5. The van der Waals surface area contributed by atoms with Gasteiger partial charge < -0.3 is 27.4 Å². The monoisotopic (exact) mass is 572 g/mol. The zero-order valence-corrected chi connectivity index (χ0v) is 24.2. The van der Waals surface area contributed by atoms with Crippen molar-refractivity contribution in [2.24, 2.45) is 11.7 Å². The molecule has 1 aliphatic carbocycles. The van der Waals surface area contributed by atoms with Gasteiger partial charge in [-0.1, -0.05) is 49.9 Å². The predicted molar refractivity (Wildman–Crippen MR) is 166 cm³/mol. The van der Waals surface area contributed by atoms with E-state index in [1.54, 1.807) is 42.5 Å². The second kappa shape index (κ2) is 13.8. The summed E-state index contributed by atoms with van der Waals surface area (Å²) in [5.74, 6) is 0.248. The van der Waals surface area contributed by atoms with Gasteiger partial charge in [-0.05, 0) is 49.9 Å². The Labute approximate surface area is 245 Å². The number of nitrogens with one attached hydrogen (secondary N) is 4. The quantitative estimate of drug-likeness (QED) is 0.108. The highest BCUT2D eigenvalue weighted by Gasteiger charge is 2.18. The van der Waals surface area contributed by atoms with Gasteiger partial charge in [-0.2, -0.15) is 0 Å². The molecule has 42 heavy (non-hydrogen) atoms. The number of nitrogen functional groups attached to an aromatic ring is 2. The van der Waals surface area contributed by atoms with Crippen LogP contribution in [0.3, 0.4) is 0 Å². The van der Waals surface area contributed by atoms with E-state index in [0.29, 0.717) is 40.5 Å². The lowest BCUT2D eigenvalue weighted by molar-refractivity contribution is -0.122. The lowest BCUT2D eigenvalue weighted by Crippen LogP contribution is -2.35. The third kappa shape index (κ3) is 8.18. The summed E-state index contributed by atoms with van der Waals surface area (Å²) in [6.07, 6.45) is 7.67. The molecule has 11 nitrogen and oxygen atoms in total. The minimum absolute atomic E-state index is 0.0330. The number of nitrogens with two attached hydrogens (primary N) is 2. The number of hydrogen-bond acceptors (Lipinski definition) is 7. The number of carbonyl (C=O) groups excluding carboxylic acids is 2. The van der Waals surface area contributed by atoms with Crippen LogP contribution in [0.15, 0.2) is 53.5 Å². The maximum Gasteiger partial charge on any atom is 0.294 e. The van der Waals surface area contributed by atoms with Crippen molar-refractivity contribution in [2.45, 2.75) is 71.5 Å². The first kappa shape index (κ1) is 30.3. The van der Waals surface area contributed by atoms with Gasteiger partial charge in [-0.3, -0.25) is 24.4 Å². The molecule has 0 spiro atoms. The van der Waals surface area contributed by atoms with Crippen LogP contribution in [0.5, 0.6) is 0 Å². The molecule has 1 fully saturated rings. The fourth-order valence-electron chi connectivity index (χ4n) is 5.18. The van der Waals surface area contributed by atoms with Crippen LogP contribution in [0.4, 0.5) is 17.2 Å². The summed E-state index contributed by atoms with van der Waals surface area (Å²) in [6.45, 7) is 3.76. The van der Waals surface area contributed by atoms with Crippen LogP contribution in [0.1, 0.15) is 63.5 Å². The Balaban J connectivity index is 1.55. The van der Waals surface area contributed by atoms with E-state index < -0.39 is 5.56 Å². The van der Waals surface area contributed by atoms with Crippen molar-refractivity contribution < 1.29 is 9.59 Å². The molecule has 1 saturated carbocycles. The lowest BCUT2D eigenvalue weighted by atomic mass is 10.0. The molecule has 0 saturated heterocycles. The Morgan fingerprint density at radius 1 is 1.10 bits per heavy atom. The second-order valence-electron chi connectivity index (χ2n) is 11.2. The third-order valence-electron chi connectivity index (χ3n) is 7.33. The van der Waals surface area contributed by atoms with Gasteiger partial charge in [0, 0.05) is 41.5 Å². The number of hydrogen-bond donors (Lipinski definition) is 6. The van der Waals surface area contributed by atoms with E-state index in [0.717, 1.165) is 12.0 Å². The average Bonchev–Trinajstić information content (AvgIpc) is 3.46. The number of carbonyl (C=O) groups is 2. The first-order valence-corrected chi connectivity index (χ1v) is 14.4. The van der Waals surface area contributed by atoms with Crippen LogP contribution in [-0.4, -0.2) is 33.2 Å². The Morgan fingerprint density at radius 2 is 1.81 bits per heavy atom. The minimum atomic E-state index is -0.452. The van der Waals surface area contributed by atoms with Crippen molar-refractivity contribution in [2.75, 3.05) is 16.4 Å². The second-order valence-corrected chi connectivity index (χ2v) is 11.2. The molecule has 11 heteroatoms. The fourth-order valence-corrected chi connectivity index (χ4v) is 5.18. The smallest absolute Gasteiger partial charge is 0.294 e. The normalized spacial score (nSPS) is 13.2. The Kier molecular flexibility index (Phi) is 9.95. The van der Waals surface area contributed by atoms with E-state index >= 15 is 0 Å². The molecule has 0 aliphatic heterocycles. The summed E-state index contributed by atoms with van der Waals surface area (Å²) in [6, 6.07) is 12.0. The van der Waals surface area contributed by atoms with Gasteiger partial charge in [-0.25, -0.2) is 4.98 Å². The predicted octanol–water partition coefficient (Wildman–Crippen LogP) is 3.82. The minimum Gasteiger partial charge on any atom is -0.399 e. The van der Waals surface area contributed by atoms with E-state index in [4.69, 9.17) is 16.9 Å². The Bertz CT molecular complexity index is 1490. The van der Waals surface area contributed by atoms with Crippen molar-refractivity contribution in [1.82, 2.24) is 14.9 Å². The summed E-state index contributed by atoms with van der Waals surface area (Å²) in [7, 11) is 0. The van der Waals surface area contributed by atoms with Crippen molar-refractivity contribution in [3.8, 4) is 11.3 Å². The molecule has 3 aromatic rings. The van der Waals surface area contributed by atoms with E-state index in [1.807, 2.05) is 13.8 Å². The highest BCUT2D eigenvalue weighted by Crippen LogP contribution is 2.29. The average molecular weight is 573 g/mol. The molecule has 4 rings (SSSR count). The zero-order chi connectivity index (χ0) is 30.2. The SMILES string of the molecule is CC(C)Nc1ncc(-c2cc(N)cc(NC(=O)CCC3CCCC3)c2)n(CC(=O)NCc2ccc(C(=N)N)cc2)c1=O. The van der Waals surface area contributed by atoms with E-state index in [1.165, 1.54) is 36.4 Å². The van der Waals surface area contributed by atoms with Crippen LogP contribution in [0.25, 0.3) is 11.3 Å². The van der Waals surface area contributed by atoms with Crippen molar-refractivity contribution in [3.63, 3.8) is 0 Å². The maximum atomic E-state index is 13.5. The summed E-state index contributed by atoms with van der Waals surface area (Å²) < 4.78 is 1.35. The number of amides is 2. The van der Waals surface area contributed by atoms with Crippen LogP contribution in [-0.2, 0) is 22.7 Å². The molecule has 2 aromatic carbocycles. The molecular weight excluding hydrogens is 532 g/mol. The van der Waals surface area contributed by atoms with Crippen molar-refractivity contribution in [1.29, 1.82) is 5.41 Å².